The number of benzene rings is 3. The molecule has 2 N–H and O–H groups in total. The van der Waals surface area contributed by atoms with Crippen molar-refractivity contribution in [3.05, 3.63) is 71.8 Å². The second-order valence-corrected chi connectivity index (χ2v) is 9.95. The molecule has 0 amide bonds. The predicted molar refractivity (Wildman–Crippen MR) is 138 cm³/mol. The Hall–Kier alpha value is -3.80. The SMILES string of the molecule is CC(C)(C)c1cc(-c2cc(-c3ccc(C(=O)O)cc3)ccc2OCC(=O)O)ccc1N1CCCC1. The monoisotopic (exact) mass is 473 g/mol. The van der Waals surface area contributed by atoms with Crippen LogP contribution in [0.4, 0.5) is 5.69 Å². The number of carboxylic acids is 2. The molecule has 0 bridgehead atoms. The molecule has 1 aliphatic heterocycles. The molecule has 4 rings (SSSR count). The predicted octanol–water partition coefficient (Wildman–Crippen LogP) is 6.08. The van der Waals surface area contributed by atoms with Crippen molar-refractivity contribution in [3.63, 3.8) is 0 Å². The Morgan fingerprint density at radius 1 is 0.857 bits per heavy atom. The Bertz CT molecular complexity index is 1230. The first kappa shape index (κ1) is 24.3. The van der Waals surface area contributed by atoms with Crippen molar-refractivity contribution in [2.75, 3.05) is 24.6 Å². The number of hydrogen-bond acceptors (Lipinski definition) is 4. The Balaban J connectivity index is 1.81. The summed E-state index contributed by atoms with van der Waals surface area (Å²) in [5, 5.41) is 18.4. The van der Waals surface area contributed by atoms with E-state index in [1.807, 2.05) is 12.1 Å². The zero-order valence-electron chi connectivity index (χ0n) is 20.4. The van der Waals surface area contributed by atoms with E-state index < -0.39 is 18.5 Å². The minimum absolute atomic E-state index is 0.0830. The first-order chi connectivity index (χ1) is 16.6. The maximum absolute atomic E-state index is 11.2. The molecule has 0 saturated carbocycles. The van der Waals surface area contributed by atoms with Gasteiger partial charge in [0, 0.05) is 24.3 Å². The van der Waals surface area contributed by atoms with Crippen molar-refractivity contribution in [1.29, 1.82) is 0 Å². The van der Waals surface area contributed by atoms with Gasteiger partial charge < -0.3 is 19.8 Å². The van der Waals surface area contributed by atoms with Gasteiger partial charge in [0.05, 0.1) is 5.56 Å². The van der Waals surface area contributed by atoms with E-state index in [4.69, 9.17) is 9.84 Å². The summed E-state index contributed by atoms with van der Waals surface area (Å²) in [5.74, 6) is -1.52. The van der Waals surface area contributed by atoms with E-state index in [-0.39, 0.29) is 11.0 Å². The van der Waals surface area contributed by atoms with E-state index in [9.17, 15) is 14.7 Å². The van der Waals surface area contributed by atoms with E-state index in [0.29, 0.717) is 5.75 Å². The lowest BCUT2D eigenvalue weighted by Crippen LogP contribution is -2.23. The van der Waals surface area contributed by atoms with Crippen LogP contribution >= 0.6 is 0 Å². The molecule has 0 aliphatic carbocycles. The molecular weight excluding hydrogens is 442 g/mol. The molecule has 35 heavy (non-hydrogen) atoms. The third kappa shape index (κ3) is 5.48. The minimum atomic E-state index is -1.04. The van der Waals surface area contributed by atoms with Gasteiger partial charge in [0.25, 0.3) is 0 Å². The van der Waals surface area contributed by atoms with E-state index in [2.05, 4.69) is 43.9 Å². The highest BCUT2D eigenvalue weighted by Crippen LogP contribution is 2.40. The summed E-state index contributed by atoms with van der Waals surface area (Å²) in [6.45, 7) is 8.28. The van der Waals surface area contributed by atoms with Gasteiger partial charge in [-0.2, -0.15) is 0 Å². The average Bonchev–Trinajstić information content (AvgIpc) is 3.37. The molecule has 0 radical (unpaired) electrons. The van der Waals surface area contributed by atoms with Gasteiger partial charge in [0.2, 0.25) is 0 Å². The van der Waals surface area contributed by atoms with Crippen molar-refractivity contribution < 1.29 is 24.5 Å². The minimum Gasteiger partial charge on any atom is -0.481 e. The van der Waals surface area contributed by atoms with E-state index in [0.717, 1.165) is 35.3 Å². The number of anilines is 1. The van der Waals surface area contributed by atoms with Gasteiger partial charge in [-0.15, -0.1) is 0 Å². The number of rotatable bonds is 7. The molecule has 0 spiro atoms. The lowest BCUT2D eigenvalue weighted by Gasteiger charge is -2.29. The number of aliphatic carboxylic acids is 1. The Labute approximate surface area is 205 Å². The van der Waals surface area contributed by atoms with Crippen LogP contribution in [0.15, 0.2) is 60.7 Å². The van der Waals surface area contributed by atoms with E-state index in [1.54, 1.807) is 30.3 Å². The van der Waals surface area contributed by atoms with Crippen molar-refractivity contribution >= 4 is 17.6 Å². The number of aromatic carboxylic acids is 1. The molecule has 3 aromatic carbocycles. The highest BCUT2D eigenvalue weighted by Gasteiger charge is 2.24. The zero-order valence-corrected chi connectivity index (χ0v) is 20.4. The summed E-state index contributed by atoms with van der Waals surface area (Å²) >= 11 is 0. The van der Waals surface area contributed by atoms with Crippen LogP contribution in [0.1, 0.15) is 49.5 Å². The second kappa shape index (κ2) is 9.82. The molecular formula is C29H31NO5. The van der Waals surface area contributed by atoms with Crippen molar-refractivity contribution in [2.45, 2.75) is 39.0 Å². The third-order valence-electron chi connectivity index (χ3n) is 6.36. The quantitative estimate of drug-likeness (QED) is 0.432. The molecule has 0 atom stereocenters. The maximum atomic E-state index is 11.2. The standard InChI is InChI=1S/C29H31NO5/c1-29(2,3)24-17-22(10-12-25(24)30-14-4-5-15-30)23-16-21(11-13-26(23)35-18-27(31)32)19-6-8-20(9-7-19)28(33)34/h6-13,16-17H,4-5,14-15,18H2,1-3H3,(H,31,32)(H,33,34). The van der Waals surface area contributed by atoms with Crippen molar-refractivity contribution in [3.8, 4) is 28.0 Å². The molecule has 6 heteroatoms. The largest absolute Gasteiger partial charge is 0.481 e. The van der Waals surface area contributed by atoms with Gasteiger partial charge >= 0.3 is 11.9 Å². The molecule has 6 nitrogen and oxygen atoms in total. The molecule has 0 unspecified atom stereocenters. The van der Waals surface area contributed by atoms with E-state index in [1.165, 1.54) is 24.1 Å². The number of ether oxygens (including phenoxy) is 1. The number of carboxylic acid groups (broad SMARTS) is 2. The average molecular weight is 474 g/mol. The van der Waals surface area contributed by atoms with Crippen LogP contribution in [0.5, 0.6) is 5.75 Å². The highest BCUT2D eigenvalue weighted by atomic mass is 16.5. The fourth-order valence-corrected chi connectivity index (χ4v) is 4.54. The number of carbonyl (C=O) groups is 2. The maximum Gasteiger partial charge on any atom is 0.341 e. The zero-order chi connectivity index (χ0) is 25.2. The smallest absolute Gasteiger partial charge is 0.341 e. The van der Waals surface area contributed by atoms with Gasteiger partial charge in [-0.3, -0.25) is 0 Å². The summed E-state index contributed by atoms with van der Waals surface area (Å²) in [7, 11) is 0. The van der Waals surface area contributed by atoms with Crippen LogP contribution in [-0.4, -0.2) is 41.8 Å². The first-order valence-corrected chi connectivity index (χ1v) is 11.9. The molecule has 1 aliphatic rings. The van der Waals surface area contributed by atoms with Crippen LogP contribution in [0.3, 0.4) is 0 Å². The van der Waals surface area contributed by atoms with E-state index >= 15 is 0 Å². The lowest BCUT2D eigenvalue weighted by atomic mass is 9.83. The van der Waals surface area contributed by atoms with Crippen molar-refractivity contribution in [1.82, 2.24) is 0 Å². The molecule has 0 aromatic heterocycles. The number of nitrogens with zero attached hydrogens (tertiary/aromatic N) is 1. The molecule has 1 heterocycles. The summed E-state index contributed by atoms with van der Waals surface area (Å²) in [4.78, 5) is 24.9. The van der Waals surface area contributed by atoms with Crippen LogP contribution < -0.4 is 9.64 Å². The number of hydrogen-bond donors (Lipinski definition) is 2. The molecule has 1 fully saturated rings. The highest BCUT2D eigenvalue weighted by molar-refractivity contribution is 5.88. The van der Waals surface area contributed by atoms with Gasteiger partial charge in [-0.05, 0) is 76.9 Å². The van der Waals surface area contributed by atoms with Crippen LogP contribution in [-0.2, 0) is 10.2 Å². The molecule has 1 saturated heterocycles. The van der Waals surface area contributed by atoms with Crippen LogP contribution in [0.25, 0.3) is 22.3 Å². The van der Waals surface area contributed by atoms with Gasteiger partial charge in [0.1, 0.15) is 5.75 Å². The van der Waals surface area contributed by atoms with Gasteiger partial charge in [0.15, 0.2) is 6.61 Å². The van der Waals surface area contributed by atoms with Gasteiger partial charge in [-0.25, -0.2) is 9.59 Å². The summed E-state index contributed by atoms with van der Waals surface area (Å²) < 4.78 is 5.66. The lowest BCUT2D eigenvalue weighted by molar-refractivity contribution is -0.139. The van der Waals surface area contributed by atoms with Crippen LogP contribution in [0.2, 0.25) is 0 Å². The fraction of sp³-hybridized carbons (Fsp3) is 0.310. The summed E-state index contributed by atoms with van der Waals surface area (Å²) in [5.41, 5.74) is 6.12. The van der Waals surface area contributed by atoms with Gasteiger partial charge in [-0.1, -0.05) is 45.0 Å². The topological polar surface area (TPSA) is 87.1 Å². The Morgan fingerprint density at radius 2 is 1.49 bits per heavy atom. The molecule has 3 aromatic rings. The summed E-state index contributed by atoms with van der Waals surface area (Å²) in [6.07, 6.45) is 2.39. The Morgan fingerprint density at radius 3 is 2.09 bits per heavy atom. The van der Waals surface area contributed by atoms with Crippen molar-refractivity contribution in [2.24, 2.45) is 0 Å². The molecule has 182 valence electrons. The fourth-order valence-electron chi connectivity index (χ4n) is 4.54. The summed E-state index contributed by atoms with van der Waals surface area (Å²) in [6, 6.07) is 18.7. The third-order valence-corrected chi connectivity index (χ3v) is 6.36. The van der Waals surface area contributed by atoms with Crippen LogP contribution in [0, 0.1) is 0 Å². The normalized spacial score (nSPS) is 13.6. The first-order valence-electron chi connectivity index (χ1n) is 11.9. The Kier molecular flexibility index (Phi) is 6.83. The second-order valence-electron chi connectivity index (χ2n) is 9.95.